The highest BCUT2D eigenvalue weighted by Gasteiger charge is 2.15. The fraction of sp³-hybridized carbons (Fsp3) is 0.333. The molecule has 1 aliphatic heterocycles. The average molecular weight is 269 g/mol. The van der Waals surface area contributed by atoms with Gasteiger partial charge in [0.15, 0.2) is 0 Å². The molecule has 1 aliphatic rings. The van der Waals surface area contributed by atoms with Crippen LogP contribution in [0.3, 0.4) is 0 Å². The van der Waals surface area contributed by atoms with Crippen LogP contribution in [0.15, 0.2) is 40.6 Å². The van der Waals surface area contributed by atoms with Crippen molar-refractivity contribution in [2.45, 2.75) is 18.9 Å². The molecule has 2 nitrogen and oxygen atoms in total. The van der Waals surface area contributed by atoms with Crippen LogP contribution in [-0.4, -0.2) is 11.7 Å². The van der Waals surface area contributed by atoms with Gasteiger partial charge in [0.2, 0.25) is 0 Å². The van der Waals surface area contributed by atoms with E-state index >= 15 is 0 Å². The van der Waals surface area contributed by atoms with Crippen molar-refractivity contribution >= 4 is 15.9 Å². The van der Waals surface area contributed by atoms with Crippen LogP contribution in [-0.2, 0) is 4.74 Å². The van der Waals surface area contributed by atoms with Gasteiger partial charge >= 0.3 is 0 Å². The number of halogens is 1. The van der Waals surface area contributed by atoms with E-state index < -0.39 is 6.10 Å². The van der Waals surface area contributed by atoms with E-state index in [4.69, 9.17) is 4.74 Å². The number of hydrogen-bond donors (Lipinski definition) is 1. The van der Waals surface area contributed by atoms with Gasteiger partial charge in [0.1, 0.15) is 6.10 Å². The van der Waals surface area contributed by atoms with E-state index in [2.05, 4.69) is 15.9 Å². The third kappa shape index (κ3) is 2.61. The first-order valence-corrected chi connectivity index (χ1v) is 5.81. The molecule has 1 unspecified atom stereocenters. The maximum Gasteiger partial charge on any atom is 0.103 e. The summed E-state index contributed by atoms with van der Waals surface area (Å²) in [5.41, 5.74) is 1.87. The SMILES string of the molecule is OC(C1=COCCC1)c1ccc(Br)cc1. The van der Waals surface area contributed by atoms with Crippen molar-refractivity contribution in [1.82, 2.24) is 0 Å². The zero-order chi connectivity index (χ0) is 10.7. The first-order chi connectivity index (χ1) is 7.27. The maximum atomic E-state index is 10.1. The van der Waals surface area contributed by atoms with E-state index in [-0.39, 0.29) is 0 Å². The lowest BCUT2D eigenvalue weighted by atomic mass is 9.98. The van der Waals surface area contributed by atoms with Crippen LogP contribution >= 0.6 is 15.9 Å². The minimum Gasteiger partial charge on any atom is -0.501 e. The van der Waals surface area contributed by atoms with Gasteiger partial charge in [-0.2, -0.15) is 0 Å². The molecule has 0 saturated carbocycles. The number of ether oxygens (including phenoxy) is 1. The van der Waals surface area contributed by atoms with Crippen molar-refractivity contribution in [2.24, 2.45) is 0 Å². The summed E-state index contributed by atoms with van der Waals surface area (Å²) in [6.07, 6.45) is 3.06. The van der Waals surface area contributed by atoms with E-state index in [1.54, 1.807) is 6.26 Å². The summed E-state index contributed by atoms with van der Waals surface area (Å²) in [6, 6.07) is 7.71. The fourth-order valence-corrected chi connectivity index (χ4v) is 1.91. The molecule has 0 saturated heterocycles. The summed E-state index contributed by atoms with van der Waals surface area (Å²) in [5, 5.41) is 10.1. The van der Waals surface area contributed by atoms with Crippen LogP contribution in [0, 0.1) is 0 Å². The zero-order valence-corrected chi connectivity index (χ0v) is 9.90. The van der Waals surface area contributed by atoms with Gasteiger partial charge in [-0.15, -0.1) is 0 Å². The standard InChI is InChI=1S/C12H13BrO2/c13-11-5-3-9(4-6-11)12(14)10-2-1-7-15-8-10/h3-6,8,12,14H,1-2,7H2. The monoisotopic (exact) mass is 268 g/mol. The van der Waals surface area contributed by atoms with Crippen LogP contribution in [0.1, 0.15) is 24.5 Å². The zero-order valence-electron chi connectivity index (χ0n) is 8.32. The Morgan fingerprint density at radius 1 is 1.27 bits per heavy atom. The predicted octanol–water partition coefficient (Wildman–Crippen LogP) is 3.18. The second-order valence-electron chi connectivity index (χ2n) is 3.62. The summed E-state index contributed by atoms with van der Waals surface area (Å²) in [4.78, 5) is 0. The number of aliphatic hydroxyl groups excluding tert-OH is 1. The predicted molar refractivity (Wildman–Crippen MR) is 62.4 cm³/mol. The van der Waals surface area contributed by atoms with E-state index in [0.717, 1.165) is 35.1 Å². The van der Waals surface area contributed by atoms with Crippen LogP contribution in [0.5, 0.6) is 0 Å². The largest absolute Gasteiger partial charge is 0.501 e. The van der Waals surface area contributed by atoms with Crippen molar-refractivity contribution in [3.63, 3.8) is 0 Å². The second kappa shape index (κ2) is 4.81. The number of aliphatic hydroxyl groups is 1. The van der Waals surface area contributed by atoms with Crippen LogP contribution in [0.2, 0.25) is 0 Å². The van der Waals surface area contributed by atoms with E-state index in [0.29, 0.717) is 0 Å². The minimum atomic E-state index is -0.529. The minimum absolute atomic E-state index is 0.529. The van der Waals surface area contributed by atoms with Gasteiger partial charge in [0.05, 0.1) is 12.9 Å². The molecule has 0 spiro atoms. The van der Waals surface area contributed by atoms with Gasteiger partial charge in [-0.3, -0.25) is 0 Å². The highest BCUT2D eigenvalue weighted by molar-refractivity contribution is 9.10. The molecular weight excluding hydrogens is 256 g/mol. The Morgan fingerprint density at radius 3 is 2.60 bits per heavy atom. The topological polar surface area (TPSA) is 29.5 Å². The molecule has 0 aromatic heterocycles. The average Bonchev–Trinajstić information content (AvgIpc) is 2.30. The molecule has 0 radical (unpaired) electrons. The van der Waals surface area contributed by atoms with Crippen molar-refractivity contribution in [3.8, 4) is 0 Å². The van der Waals surface area contributed by atoms with Gasteiger partial charge in [-0.1, -0.05) is 28.1 Å². The summed E-state index contributed by atoms with van der Waals surface area (Å²) < 4.78 is 6.24. The molecular formula is C12H13BrO2. The normalized spacial score (nSPS) is 17.9. The second-order valence-corrected chi connectivity index (χ2v) is 4.54. The number of rotatable bonds is 2. The number of benzene rings is 1. The molecule has 0 bridgehead atoms. The van der Waals surface area contributed by atoms with E-state index in [9.17, 15) is 5.11 Å². The first kappa shape index (κ1) is 10.7. The Kier molecular flexibility index (Phi) is 3.44. The lowest BCUT2D eigenvalue weighted by Crippen LogP contribution is -2.07. The van der Waals surface area contributed by atoms with Crippen molar-refractivity contribution < 1.29 is 9.84 Å². The van der Waals surface area contributed by atoms with Crippen molar-refractivity contribution in [1.29, 1.82) is 0 Å². The molecule has 0 fully saturated rings. The van der Waals surface area contributed by atoms with Gasteiger partial charge in [-0.25, -0.2) is 0 Å². The lowest BCUT2D eigenvalue weighted by molar-refractivity contribution is 0.170. The Morgan fingerprint density at radius 2 is 2.00 bits per heavy atom. The van der Waals surface area contributed by atoms with Gasteiger partial charge in [0, 0.05) is 4.47 Å². The molecule has 80 valence electrons. The van der Waals surface area contributed by atoms with Crippen LogP contribution in [0.4, 0.5) is 0 Å². The summed E-state index contributed by atoms with van der Waals surface area (Å²) in [5.74, 6) is 0. The lowest BCUT2D eigenvalue weighted by Gasteiger charge is -2.19. The molecule has 2 rings (SSSR count). The van der Waals surface area contributed by atoms with Gasteiger partial charge in [-0.05, 0) is 36.1 Å². The van der Waals surface area contributed by atoms with Crippen LogP contribution < -0.4 is 0 Å². The summed E-state index contributed by atoms with van der Waals surface area (Å²) in [6.45, 7) is 0.760. The van der Waals surface area contributed by atoms with Crippen LogP contribution in [0.25, 0.3) is 0 Å². The fourth-order valence-electron chi connectivity index (χ4n) is 1.64. The Hall–Kier alpha value is -0.800. The molecule has 0 aliphatic carbocycles. The highest BCUT2D eigenvalue weighted by atomic mass is 79.9. The number of hydrogen-bond acceptors (Lipinski definition) is 2. The molecule has 0 amide bonds. The Balaban J connectivity index is 2.16. The first-order valence-electron chi connectivity index (χ1n) is 5.01. The maximum absolute atomic E-state index is 10.1. The van der Waals surface area contributed by atoms with Gasteiger partial charge < -0.3 is 9.84 Å². The van der Waals surface area contributed by atoms with Gasteiger partial charge in [0.25, 0.3) is 0 Å². The molecule has 1 atom stereocenters. The van der Waals surface area contributed by atoms with Crippen molar-refractivity contribution in [2.75, 3.05) is 6.61 Å². The quantitative estimate of drug-likeness (QED) is 0.893. The smallest absolute Gasteiger partial charge is 0.103 e. The third-order valence-electron chi connectivity index (χ3n) is 2.50. The Labute approximate surface area is 97.7 Å². The van der Waals surface area contributed by atoms with E-state index in [1.165, 1.54) is 0 Å². The third-order valence-corrected chi connectivity index (χ3v) is 3.03. The molecule has 1 aromatic rings. The highest BCUT2D eigenvalue weighted by Crippen LogP contribution is 2.28. The van der Waals surface area contributed by atoms with Crippen molar-refractivity contribution in [3.05, 3.63) is 46.1 Å². The molecule has 1 heterocycles. The van der Waals surface area contributed by atoms with E-state index in [1.807, 2.05) is 24.3 Å². The molecule has 15 heavy (non-hydrogen) atoms. The summed E-state index contributed by atoms with van der Waals surface area (Å²) in [7, 11) is 0. The molecule has 1 N–H and O–H groups in total. The Bertz CT molecular complexity index is 356. The summed E-state index contributed by atoms with van der Waals surface area (Å²) >= 11 is 3.37. The molecule has 3 heteroatoms. The molecule has 1 aromatic carbocycles.